The quantitative estimate of drug-likeness (QED) is 0.887. The van der Waals surface area contributed by atoms with Crippen LogP contribution in [-0.2, 0) is 0 Å². The third-order valence-electron chi connectivity index (χ3n) is 6.67. The van der Waals surface area contributed by atoms with Crippen molar-refractivity contribution in [3.63, 3.8) is 0 Å². The van der Waals surface area contributed by atoms with Crippen molar-refractivity contribution in [1.29, 1.82) is 0 Å². The summed E-state index contributed by atoms with van der Waals surface area (Å²) in [5, 5.41) is 9.53. The number of fused-ring (bicyclic) bond motifs is 2. The molecule has 2 aromatic rings. The molecule has 6 rings (SSSR count). The van der Waals surface area contributed by atoms with Gasteiger partial charge in [0.25, 0.3) is 5.91 Å². The van der Waals surface area contributed by atoms with Crippen molar-refractivity contribution in [2.75, 3.05) is 19.6 Å². The first-order chi connectivity index (χ1) is 13.1. The van der Waals surface area contributed by atoms with E-state index in [-0.39, 0.29) is 29.4 Å². The normalized spacial score (nSPS) is 31.7. The number of rotatable bonds is 2. The molecule has 1 N–H and O–H groups in total. The van der Waals surface area contributed by atoms with E-state index in [0.717, 1.165) is 31.5 Å². The van der Waals surface area contributed by atoms with E-state index in [0.29, 0.717) is 24.1 Å². The molecule has 2 aromatic carbocycles. The Kier molecular flexibility index (Phi) is 3.93. The highest BCUT2D eigenvalue weighted by atomic mass is 19.1. The van der Waals surface area contributed by atoms with Gasteiger partial charge in [-0.2, -0.15) is 0 Å². The zero-order chi connectivity index (χ0) is 18.5. The number of piperidine rings is 3. The van der Waals surface area contributed by atoms with Gasteiger partial charge < -0.3 is 10.0 Å². The maximum atomic E-state index is 13.4. The summed E-state index contributed by atoms with van der Waals surface area (Å²) in [5.74, 6) is 0.711. The van der Waals surface area contributed by atoms with Crippen LogP contribution in [0, 0.1) is 11.7 Å². The molecule has 0 unspecified atom stereocenters. The third kappa shape index (κ3) is 2.72. The van der Waals surface area contributed by atoms with Crippen LogP contribution in [0.3, 0.4) is 0 Å². The Balaban J connectivity index is 1.51. The Bertz CT molecular complexity index is 844. The molecule has 0 aromatic heterocycles. The first-order valence-electron chi connectivity index (χ1n) is 9.71. The fraction of sp³-hybridized carbons (Fsp3) is 0.409. The van der Waals surface area contributed by atoms with Crippen molar-refractivity contribution in [1.82, 2.24) is 9.80 Å². The van der Waals surface area contributed by atoms with Crippen molar-refractivity contribution in [2.45, 2.75) is 30.8 Å². The van der Waals surface area contributed by atoms with Gasteiger partial charge in [-0.15, -0.1) is 0 Å². The Morgan fingerprint density at radius 2 is 1.63 bits per heavy atom. The number of aromatic hydroxyl groups is 1. The predicted octanol–water partition coefficient (Wildman–Crippen LogP) is 3.23. The highest BCUT2D eigenvalue weighted by Gasteiger charge is 2.54. The number of likely N-dealkylation sites (tertiary alicyclic amines) is 1. The van der Waals surface area contributed by atoms with Crippen LogP contribution in [0.25, 0.3) is 0 Å². The minimum absolute atomic E-state index is 0.0309. The number of nitrogens with zero attached hydrogens (tertiary/aromatic N) is 2. The maximum absolute atomic E-state index is 13.4. The fourth-order valence-corrected chi connectivity index (χ4v) is 5.43. The van der Waals surface area contributed by atoms with Crippen LogP contribution in [0.2, 0.25) is 0 Å². The lowest BCUT2D eigenvalue weighted by Crippen LogP contribution is -2.60. The van der Waals surface area contributed by atoms with Crippen molar-refractivity contribution in [3.05, 3.63) is 65.5 Å². The second-order valence-electron chi connectivity index (χ2n) is 8.02. The molecular weight excluding hydrogens is 343 g/mol. The Hall–Kier alpha value is -2.40. The lowest BCUT2D eigenvalue weighted by Gasteiger charge is -2.51. The fourth-order valence-electron chi connectivity index (χ4n) is 5.43. The van der Waals surface area contributed by atoms with Crippen LogP contribution in [-0.4, -0.2) is 52.5 Å². The minimum atomic E-state index is -0.226. The van der Waals surface area contributed by atoms with Crippen LogP contribution >= 0.6 is 0 Å². The molecule has 0 saturated carbocycles. The monoisotopic (exact) mass is 366 g/mol. The molecular formula is C22H23FN2O2. The van der Waals surface area contributed by atoms with Gasteiger partial charge in [0.15, 0.2) is 0 Å². The number of carbonyl (C=O) groups excluding carboxylic acids is 1. The lowest BCUT2D eigenvalue weighted by atomic mass is 9.75. The molecule has 4 heterocycles. The molecule has 4 nitrogen and oxygen atoms in total. The van der Waals surface area contributed by atoms with Crippen LogP contribution in [0.1, 0.15) is 34.7 Å². The zero-order valence-electron chi connectivity index (χ0n) is 15.1. The molecule has 0 radical (unpaired) electrons. The highest BCUT2D eigenvalue weighted by Crippen LogP contribution is 2.47. The van der Waals surface area contributed by atoms with Crippen LogP contribution in [0.5, 0.6) is 5.75 Å². The number of amides is 1. The average Bonchev–Trinajstić information content (AvgIpc) is 3.12. The van der Waals surface area contributed by atoms with Gasteiger partial charge in [-0.1, -0.05) is 12.1 Å². The molecule has 5 heteroatoms. The predicted molar refractivity (Wildman–Crippen MR) is 100 cm³/mol. The molecule has 1 amide bonds. The first kappa shape index (κ1) is 16.8. The van der Waals surface area contributed by atoms with Gasteiger partial charge >= 0.3 is 0 Å². The molecule has 140 valence electrons. The van der Waals surface area contributed by atoms with Gasteiger partial charge in [-0.25, -0.2) is 4.39 Å². The summed E-state index contributed by atoms with van der Waals surface area (Å²) >= 11 is 0. The number of benzene rings is 2. The molecule has 0 aliphatic carbocycles. The van der Waals surface area contributed by atoms with Gasteiger partial charge in [0.05, 0.1) is 6.04 Å². The Morgan fingerprint density at radius 1 is 0.963 bits per heavy atom. The summed E-state index contributed by atoms with van der Waals surface area (Å²) in [6.07, 6.45) is 2.27. The first-order valence-corrected chi connectivity index (χ1v) is 9.71. The molecule has 4 saturated heterocycles. The van der Waals surface area contributed by atoms with Crippen LogP contribution < -0.4 is 0 Å². The van der Waals surface area contributed by atoms with Crippen molar-refractivity contribution in [3.8, 4) is 5.75 Å². The van der Waals surface area contributed by atoms with Crippen molar-refractivity contribution < 1.29 is 14.3 Å². The number of phenols is 1. The van der Waals surface area contributed by atoms with E-state index < -0.39 is 0 Å². The molecule has 4 aliphatic heterocycles. The van der Waals surface area contributed by atoms with E-state index in [4.69, 9.17) is 0 Å². The van der Waals surface area contributed by atoms with E-state index in [1.54, 1.807) is 24.3 Å². The molecule has 2 bridgehead atoms. The average molecular weight is 366 g/mol. The maximum Gasteiger partial charge on any atom is 0.254 e. The third-order valence-corrected chi connectivity index (χ3v) is 6.67. The van der Waals surface area contributed by atoms with E-state index in [2.05, 4.69) is 4.90 Å². The second-order valence-corrected chi connectivity index (χ2v) is 8.02. The summed E-state index contributed by atoms with van der Waals surface area (Å²) in [6.45, 7) is 2.84. The molecule has 4 aliphatic rings. The number of carbonyl (C=O) groups is 1. The summed E-state index contributed by atoms with van der Waals surface area (Å²) in [6, 6.07) is 13.8. The van der Waals surface area contributed by atoms with Gasteiger partial charge in [0, 0.05) is 24.1 Å². The summed E-state index contributed by atoms with van der Waals surface area (Å²) in [7, 11) is 0. The smallest absolute Gasteiger partial charge is 0.254 e. The highest BCUT2D eigenvalue weighted by molar-refractivity contribution is 5.95. The van der Waals surface area contributed by atoms with Crippen LogP contribution in [0.15, 0.2) is 48.5 Å². The molecule has 3 atom stereocenters. The lowest BCUT2D eigenvalue weighted by molar-refractivity contribution is -0.00340. The number of hydrogen-bond acceptors (Lipinski definition) is 3. The SMILES string of the molecule is O=C(c1ccc(O)cc1)N1C[C@H](c2ccc(F)cc2)[C@H]2[C@@H]1C1CCN2CC1. The summed E-state index contributed by atoms with van der Waals surface area (Å²) < 4.78 is 13.4. The molecule has 27 heavy (non-hydrogen) atoms. The van der Waals surface area contributed by atoms with Crippen molar-refractivity contribution >= 4 is 5.91 Å². The molecule has 4 fully saturated rings. The number of halogens is 1. The van der Waals surface area contributed by atoms with E-state index in [1.807, 2.05) is 17.0 Å². The second kappa shape index (κ2) is 6.34. The van der Waals surface area contributed by atoms with Crippen LogP contribution in [0.4, 0.5) is 4.39 Å². The van der Waals surface area contributed by atoms with Gasteiger partial charge in [0.1, 0.15) is 11.6 Å². The summed E-state index contributed by atoms with van der Waals surface area (Å²) in [4.78, 5) is 17.9. The van der Waals surface area contributed by atoms with Crippen molar-refractivity contribution in [2.24, 2.45) is 5.92 Å². The molecule has 0 spiro atoms. The van der Waals surface area contributed by atoms with Gasteiger partial charge in [-0.3, -0.25) is 9.69 Å². The largest absolute Gasteiger partial charge is 0.508 e. The van der Waals surface area contributed by atoms with Gasteiger partial charge in [0.2, 0.25) is 0 Å². The van der Waals surface area contributed by atoms with E-state index in [9.17, 15) is 14.3 Å². The van der Waals surface area contributed by atoms with Gasteiger partial charge in [-0.05, 0) is 73.8 Å². The minimum Gasteiger partial charge on any atom is -0.508 e. The summed E-state index contributed by atoms with van der Waals surface area (Å²) in [5.41, 5.74) is 1.72. The van der Waals surface area contributed by atoms with E-state index >= 15 is 0 Å². The Labute approximate surface area is 158 Å². The Morgan fingerprint density at radius 3 is 2.30 bits per heavy atom. The topological polar surface area (TPSA) is 43.8 Å². The number of hydrogen-bond donors (Lipinski definition) is 1. The van der Waals surface area contributed by atoms with E-state index in [1.165, 1.54) is 12.1 Å². The zero-order valence-corrected chi connectivity index (χ0v) is 15.1. The number of phenolic OH excluding ortho intramolecular Hbond substituents is 1. The standard InChI is InChI=1S/C22H23FN2O2/c23-17-5-1-14(2-6-17)19-13-25(22(27)16-3-7-18(26)8-4-16)20-15-9-11-24(12-10-15)21(19)20/h1-8,15,19-21,26H,9-13H2/t19-,20+,21+/m1/s1.